The van der Waals surface area contributed by atoms with E-state index in [1.165, 1.54) is 12.1 Å². The molecule has 3 amide bonds. The van der Waals surface area contributed by atoms with E-state index in [0.717, 1.165) is 21.2 Å². The first kappa shape index (κ1) is 30.6. The van der Waals surface area contributed by atoms with Crippen LogP contribution < -0.4 is 38.3 Å². The highest BCUT2D eigenvalue weighted by molar-refractivity contribution is 5.99. The molecule has 5 aromatic rings. The zero-order chi connectivity index (χ0) is 33.6. The van der Waals surface area contributed by atoms with E-state index in [1.807, 2.05) is 0 Å². The van der Waals surface area contributed by atoms with Gasteiger partial charge >= 0.3 is 5.97 Å². The SMILES string of the molecule is Cc1c(C(=O)O)ccc2c1CC[C@@H]2NC(=O)c1cc(C(=O)NCc2cccc(CNc3c(N)c(=O)c3=O)c2)n2nc(C(N)=O)nc2n1. The number of primary amides is 1. The van der Waals surface area contributed by atoms with Crippen LogP contribution in [0.3, 0.4) is 0 Å². The summed E-state index contributed by atoms with van der Waals surface area (Å²) in [5, 5.41) is 22.0. The number of nitrogens with two attached hydrogens (primary N) is 2. The van der Waals surface area contributed by atoms with E-state index < -0.39 is 46.4 Å². The van der Waals surface area contributed by atoms with Crippen molar-refractivity contribution in [1.29, 1.82) is 0 Å². The summed E-state index contributed by atoms with van der Waals surface area (Å²) in [6, 6.07) is 11.1. The van der Waals surface area contributed by atoms with E-state index in [0.29, 0.717) is 24.0 Å². The molecule has 16 nitrogen and oxygen atoms in total. The van der Waals surface area contributed by atoms with Crippen molar-refractivity contribution in [1.82, 2.24) is 30.2 Å². The Morgan fingerprint density at radius 3 is 2.45 bits per heavy atom. The molecule has 16 heteroatoms. The molecule has 0 spiro atoms. The third-order valence-corrected chi connectivity index (χ3v) is 8.09. The van der Waals surface area contributed by atoms with Crippen LogP contribution in [0.2, 0.25) is 0 Å². The minimum Gasteiger partial charge on any atom is -0.478 e. The number of nitrogen functional groups attached to an aromatic ring is 1. The van der Waals surface area contributed by atoms with Gasteiger partial charge in [0.25, 0.3) is 34.4 Å². The number of nitrogens with zero attached hydrogens (tertiary/aromatic N) is 4. The van der Waals surface area contributed by atoms with Gasteiger partial charge in [-0.2, -0.15) is 9.50 Å². The first-order chi connectivity index (χ1) is 22.4. The van der Waals surface area contributed by atoms with Gasteiger partial charge in [0.2, 0.25) is 5.82 Å². The molecule has 0 saturated heterocycles. The van der Waals surface area contributed by atoms with E-state index in [4.69, 9.17) is 11.5 Å². The number of fused-ring (bicyclic) bond motifs is 2. The van der Waals surface area contributed by atoms with Crippen molar-refractivity contribution in [3.8, 4) is 0 Å². The number of benzene rings is 2. The number of carboxylic acid groups (broad SMARTS) is 1. The molecular formula is C31H27N9O7. The predicted octanol–water partition coefficient (Wildman–Crippen LogP) is 0.367. The number of hydrogen-bond acceptors (Lipinski definition) is 11. The molecule has 47 heavy (non-hydrogen) atoms. The highest BCUT2D eigenvalue weighted by Crippen LogP contribution is 2.35. The second-order valence-electron chi connectivity index (χ2n) is 11.0. The normalized spacial score (nSPS) is 13.8. The van der Waals surface area contributed by atoms with Gasteiger partial charge in [-0.3, -0.25) is 24.0 Å². The van der Waals surface area contributed by atoms with Crippen molar-refractivity contribution in [2.75, 3.05) is 11.1 Å². The smallest absolute Gasteiger partial charge is 0.335 e. The first-order valence-electron chi connectivity index (χ1n) is 14.4. The maximum atomic E-state index is 13.4. The fraction of sp³-hybridized carbons (Fsp3) is 0.194. The standard InChI is InChI=1S/C31H27N9O7/c1-13-16-7-8-19(18(16)6-5-17(13)30(46)47)36-28(44)20-10-21(40-31(37-20)38-27(39-40)26(33)43)29(45)35-12-15-4-2-3-14(9-15)11-34-23-22(32)24(41)25(23)42/h2-6,9-10,19,34H,7-8,11-12,32H2,1H3,(H2,33,43)(H,35,45)(H,36,44)(H,46,47)/t19-/m0/s1. The topological polar surface area (TPSA) is 254 Å². The maximum Gasteiger partial charge on any atom is 0.335 e. The van der Waals surface area contributed by atoms with Gasteiger partial charge in [0.1, 0.15) is 22.8 Å². The lowest BCUT2D eigenvalue weighted by Gasteiger charge is -2.15. The summed E-state index contributed by atoms with van der Waals surface area (Å²) < 4.78 is 1.02. The number of amides is 3. The van der Waals surface area contributed by atoms with Crippen molar-refractivity contribution in [3.63, 3.8) is 0 Å². The molecule has 2 heterocycles. The lowest BCUT2D eigenvalue weighted by atomic mass is 9.98. The zero-order valence-corrected chi connectivity index (χ0v) is 24.8. The molecule has 2 aromatic heterocycles. The number of aromatic nitrogens is 4. The van der Waals surface area contributed by atoms with Crippen LogP contribution in [0.1, 0.15) is 82.2 Å². The Hall–Kier alpha value is -6.45. The number of rotatable bonds is 10. The van der Waals surface area contributed by atoms with Crippen LogP contribution in [0.15, 0.2) is 52.1 Å². The van der Waals surface area contributed by atoms with Crippen molar-refractivity contribution in [3.05, 3.63) is 114 Å². The van der Waals surface area contributed by atoms with Crippen LogP contribution in [0.5, 0.6) is 0 Å². The Labute approximate surface area is 264 Å². The molecule has 1 atom stereocenters. The van der Waals surface area contributed by atoms with E-state index in [1.54, 1.807) is 37.3 Å². The molecule has 0 aliphatic heterocycles. The van der Waals surface area contributed by atoms with Crippen molar-refractivity contribution in [2.45, 2.75) is 38.9 Å². The van der Waals surface area contributed by atoms with Crippen LogP contribution in [0.25, 0.3) is 5.78 Å². The molecule has 0 radical (unpaired) electrons. The Morgan fingerprint density at radius 1 is 1.00 bits per heavy atom. The molecule has 8 N–H and O–H groups in total. The van der Waals surface area contributed by atoms with E-state index in [2.05, 4.69) is 31.0 Å². The minimum atomic E-state index is -1.03. The molecule has 1 aliphatic rings. The lowest BCUT2D eigenvalue weighted by Crippen LogP contribution is -2.36. The van der Waals surface area contributed by atoms with Gasteiger partial charge in [0, 0.05) is 19.2 Å². The van der Waals surface area contributed by atoms with Gasteiger partial charge in [-0.05, 0) is 53.6 Å². The number of carboxylic acids is 1. The first-order valence-corrected chi connectivity index (χ1v) is 14.4. The fourth-order valence-electron chi connectivity index (χ4n) is 5.64. The second kappa shape index (κ2) is 11.8. The second-order valence-corrected chi connectivity index (χ2v) is 11.0. The van der Waals surface area contributed by atoms with Crippen LogP contribution >= 0.6 is 0 Å². The summed E-state index contributed by atoms with van der Waals surface area (Å²) in [6.07, 6.45) is 1.10. The molecule has 0 fully saturated rings. The van der Waals surface area contributed by atoms with Gasteiger partial charge in [-0.15, -0.1) is 5.10 Å². The monoisotopic (exact) mass is 637 g/mol. The Balaban J connectivity index is 1.21. The van der Waals surface area contributed by atoms with Gasteiger partial charge in [-0.25, -0.2) is 9.78 Å². The minimum absolute atomic E-state index is 0.0498. The lowest BCUT2D eigenvalue weighted by molar-refractivity contribution is 0.0695. The maximum absolute atomic E-state index is 13.4. The zero-order valence-electron chi connectivity index (χ0n) is 24.8. The van der Waals surface area contributed by atoms with Gasteiger partial charge in [0.15, 0.2) is 0 Å². The number of carbonyl (C=O) groups excluding carboxylic acids is 3. The Morgan fingerprint density at radius 2 is 1.74 bits per heavy atom. The van der Waals surface area contributed by atoms with Crippen molar-refractivity contribution in [2.24, 2.45) is 5.73 Å². The summed E-state index contributed by atoms with van der Waals surface area (Å²) in [5.41, 5.74) is 13.1. The average molecular weight is 638 g/mol. The molecule has 0 unspecified atom stereocenters. The molecule has 0 saturated carbocycles. The van der Waals surface area contributed by atoms with Crippen LogP contribution in [0.4, 0.5) is 11.4 Å². The molecule has 6 rings (SSSR count). The largest absolute Gasteiger partial charge is 0.478 e. The highest BCUT2D eigenvalue weighted by atomic mass is 16.4. The molecule has 3 aromatic carbocycles. The van der Waals surface area contributed by atoms with Crippen molar-refractivity contribution < 1.29 is 24.3 Å². The van der Waals surface area contributed by atoms with Crippen molar-refractivity contribution >= 4 is 40.8 Å². The summed E-state index contributed by atoms with van der Waals surface area (Å²) in [7, 11) is 0. The Kier molecular flexibility index (Phi) is 7.68. The van der Waals surface area contributed by atoms with E-state index in [-0.39, 0.29) is 47.2 Å². The van der Waals surface area contributed by atoms with Crippen LogP contribution in [-0.4, -0.2) is 48.4 Å². The molecule has 0 bridgehead atoms. The highest BCUT2D eigenvalue weighted by Gasteiger charge is 2.29. The molecular weight excluding hydrogens is 610 g/mol. The fourth-order valence-corrected chi connectivity index (χ4v) is 5.64. The average Bonchev–Trinajstić information content (AvgIpc) is 3.68. The number of carbonyl (C=O) groups is 4. The van der Waals surface area contributed by atoms with E-state index >= 15 is 0 Å². The third-order valence-electron chi connectivity index (χ3n) is 8.09. The third kappa shape index (κ3) is 5.63. The quantitative estimate of drug-likeness (QED) is 0.114. The number of aromatic carboxylic acids is 1. The summed E-state index contributed by atoms with van der Waals surface area (Å²) in [5.74, 6) is -3.86. The van der Waals surface area contributed by atoms with Gasteiger partial charge in [0.05, 0.1) is 11.6 Å². The van der Waals surface area contributed by atoms with Crippen LogP contribution in [0, 0.1) is 6.92 Å². The summed E-state index contributed by atoms with van der Waals surface area (Å²) in [4.78, 5) is 81.5. The van der Waals surface area contributed by atoms with E-state index in [9.17, 15) is 33.9 Å². The Bertz CT molecular complexity index is 2220. The van der Waals surface area contributed by atoms with Gasteiger partial charge < -0.3 is 32.5 Å². The number of hydrogen-bond donors (Lipinski definition) is 6. The van der Waals surface area contributed by atoms with Crippen LogP contribution in [-0.2, 0) is 19.5 Å². The summed E-state index contributed by atoms with van der Waals surface area (Å²) >= 11 is 0. The number of anilines is 2. The molecule has 1 aliphatic carbocycles. The number of nitrogens with one attached hydrogen (secondary N) is 3. The predicted molar refractivity (Wildman–Crippen MR) is 167 cm³/mol. The van der Waals surface area contributed by atoms with Gasteiger partial charge in [-0.1, -0.05) is 30.3 Å². The summed E-state index contributed by atoms with van der Waals surface area (Å²) in [6.45, 7) is 1.99. The molecule has 238 valence electrons.